The van der Waals surface area contributed by atoms with Crippen molar-refractivity contribution in [1.29, 1.82) is 0 Å². The molecule has 0 unspecified atom stereocenters. The van der Waals surface area contributed by atoms with Crippen LogP contribution in [0, 0.1) is 11.6 Å². The van der Waals surface area contributed by atoms with Crippen LogP contribution in [0.4, 0.5) is 8.78 Å². The fourth-order valence-electron chi connectivity index (χ4n) is 2.72. The van der Waals surface area contributed by atoms with Gasteiger partial charge in [-0.2, -0.15) is 0 Å². The highest BCUT2D eigenvalue weighted by molar-refractivity contribution is 6.31. The van der Waals surface area contributed by atoms with Crippen LogP contribution >= 0.6 is 11.6 Å². The Morgan fingerprint density at radius 2 is 1.92 bits per heavy atom. The molecule has 1 atom stereocenters. The molecule has 1 aromatic heterocycles. The molecule has 0 aliphatic heterocycles. The highest BCUT2D eigenvalue weighted by Crippen LogP contribution is 2.24. The molecule has 134 valence electrons. The predicted molar refractivity (Wildman–Crippen MR) is 94.7 cm³/mol. The summed E-state index contributed by atoms with van der Waals surface area (Å²) in [5.74, 6) is -1.06. The number of carbonyl (C=O) groups is 1. The van der Waals surface area contributed by atoms with E-state index in [4.69, 9.17) is 11.6 Å². The number of nitrogens with one attached hydrogen (secondary N) is 1. The van der Waals surface area contributed by atoms with Gasteiger partial charge in [0.2, 0.25) is 5.91 Å². The van der Waals surface area contributed by atoms with Gasteiger partial charge in [-0.15, -0.1) is 0 Å². The van der Waals surface area contributed by atoms with E-state index in [-0.39, 0.29) is 22.6 Å². The normalized spacial score (nSPS) is 12.0. The Balaban J connectivity index is 1.90. The van der Waals surface area contributed by atoms with E-state index in [0.717, 1.165) is 0 Å². The maximum Gasteiger partial charge on any atom is 0.225 e. The van der Waals surface area contributed by atoms with E-state index in [0.29, 0.717) is 5.82 Å². The number of nitrogens with zero attached hydrogens (tertiary/aromatic N) is 2. The Kier molecular flexibility index (Phi) is 5.32. The fraction of sp³-hybridized carbons (Fsp3) is 0.158. The molecule has 3 rings (SSSR count). The first-order valence-electron chi connectivity index (χ1n) is 7.91. The van der Waals surface area contributed by atoms with E-state index in [1.165, 1.54) is 24.3 Å². The molecule has 0 spiro atoms. The second-order valence-electron chi connectivity index (χ2n) is 5.80. The third kappa shape index (κ3) is 3.75. The van der Waals surface area contributed by atoms with Crippen molar-refractivity contribution in [3.05, 3.63) is 88.5 Å². The Morgan fingerprint density at radius 1 is 1.19 bits per heavy atom. The van der Waals surface area contributed by atoms with Gasteiger partial charge in [0.15, 0.2) is 0 Å². The summed E-state index contributed by atoms with van der Waals surface area (Å²) >= 11 is 5.98. The molecule has 0 radical (unpaired) electrons. The number of hydrogen-bond donors (Lipinski definition) is 1. The van der Waals surface area contributed by atoms with Crippen LogP contribution in [0.25, 0.3) is 0 Å². The van der Waals surface area contributed by atoms with Crippen LogP contribution in [0.3, 0.4) is 0 Å². The highest BCUT2D eigenvalue weighted by atomic mass is 35.5. The maximum absolute atomic E-state index is 14.3. The van der Waals surface area contributed by atoms with Gasteiger partial charge in [-0.25, -0.2) is 13.8 Å². The number of aromatic nitrogens is 2. The van der Waals surface area contributed by atoms with Gasteiger partial charge in [-0.1, -0.05) is 35.9 Å². The summed E-state index contributed by atoms with van der Waals surface area (Å²) in [5.41, 5.74) is 0.369. The molecule has 0 bridgehead atoms. The Labute approximate surface area is 154 Å². The molecule has 2 aromatic carbocycles. The first kappa shape index (κ1) is 18.1. The van der Waals surface area contributed by atoms with Crippen molar-refractivity contribution in [3.8, 4) is 0 Å². The van der Waals surface area contributed by atoms with Crippen molar-refractivity contribution >= 4 is 17.5 Å². The lowest BCUT2D eigenvalue weighted by Crippen LogP contribution is -2.33. The van der Waals surface area contributed by atoms with Gasteiger partial charge in [0.05, 0.1) is 6.42 Å². The maximum atomic E-state index is 14.3. The van der Waals surface area contributed by atoms with Crippen molar-refractivity contribution in [1.82, 2.24) is 14.9 Å². The summed E-state index contributed by atoms with van der Waals surface area (Å²) in [5, 5.41) is 2.90. The van der Waals surface area contributed by atoms with Crippen molar-refractivity contribution in [2.45, 2.75) is 12.5 Å². The van der Waals surface area contributed by atoms with E-state index in [1.807, 2.05) is 0 Å². The summed E-state index contributed by atoms with van der Waals surface area (Å²) in [6.45, 7) is 0. The Morgan fingerprint density at radius 3 is 2.58 bits per heavy atom. The number of amides is 1. The first-order valence-corrected chi connectivity index (χ1v) is 8.29. The molecule has 7 heteroatoms. The van der Waals surface area contributed by atoms with Gasteiger partial charge < -0.3 is 9.88 Å². The molecule has 0 saturated heterocycles. The lowest BCUT2D eigenvalue weighted by molar-refractivity contribution is -0.121. The van der Waals surface area contributed by atoms with E-state index in [2.05, 4.69) is 10.3 Å². The van der Waals surface area contributed by atoms with Crippen molar-refractivity contribution in [2.24, 2.45) is 7.05 Å². The largest absolute Gasteiger partial charge is 0.342 e. The molecule has 26 heavy (non-hydrogen) atoms. The predicted octanol–water partition coefficient (Wildman–Crippen LogP) is 3.80. The minimum atomic E-state index is -0.811. The Bertz CT molecular complexity index is 922. The zero-order valence-electron chi connectivity index (χ0n) is 13.9. The van der Waals surface area contributed by atoms with Gasteiger partial charge in [0.25, 0.3) is 0 Å². The van der Waals surface area contributed by atoms with Gasteiger partial charge in [-0.05, 0) is 18.2 Å². The number of carbonyl (C=O) groups excluding carboxylic acids is 1. The molecule has 3 aromatic rings. The topological polar surface area (TPSA) is 46.9 Å². The number of benzene rings is 2. The van der Waals surface area contributed by atoms with Crippen LogP contribution in [-0.2, 0) is 18.3 Å². The monoisotopic (exact) mass is 375 g/mol. The van der Waals surface area contributed by atoms with Crippen LogP contribution in [0.2, 0.25) is 5.02 Å². The molecule has 0 saturated carbocycles. The number of imidazole rings is 1. The second-order valence-corrected chi connectivity index (χ2v) is 6.20. The molecule has 0 aliphatic rings. The third-order valence-corrected chi connectivity index (χ3v) is 4.39. The van der Waals surface area contributed by atoms with Crippen molar-refractivity contribution in [3.63, 3.8) is 0 Å². The fourth-order valence-corrected chi connectivity index (χ4v) is 2.95. The van der Waals surface area contributed by atoms with Crippen LogP contribution in [0.15, 0.2) is 54.9 Å². The summed E-state index contributed by atoms with van der Waals surface area (Å²) in [7, 11) is 1.75. The average Bonchev–Trinajstić information content (AvgIpc) is 3.03. The second kappa shape index (κ2) is 7.66. The molecule has 1 N–H and O–H groups in total. The van der Waals surface area contributed by atoms with Crippen LogP contribution in [0.1, 0.15) is 23.0 Å². The minimum Gasteiger partial charge on any atom is -0.342 e. The lowest BCUT2D eigenvalue weighted by atomic mass is 10.0. The van der Waals surface area contributed by atoms with E-state index < -0.39 is 23.6 Å². The van der Waals surface area contributed by atoms with Gasteiger partial charge in [0.1, 0.15) is 23.5 Å². The SMILES string of the molecule is Cn1ccnc1[C@H](NC(=O)Cc1c(F)cccc1Cl)c1ccccc1F. The minimum absolute atomic E-state index is 0.0961. The molecule has 0 fully saturated rings. The molecular weight excluding hydrogens is 360 g/mol. The quantitative estimate of drug-likeness (QED) is 0.737. The third-order valence-electron chi connectivity index (χ3n) is 4.04. The summed E-state index contributed by atoms with van der Waals surface area (Å²) < 4.78 is 29.9. The molecular formula is C19H16ClF2N3O. The number of halogens is 3. The molecule has 4 nitrogen and oxygen atoms in total. The van der Waals surface area contributed by atoms with Gasteiger partial charge in [0, 0.05) is 35.6 Å². The summed E-state index contributed by atoms with van der Waals surface area (Å²) in [6, 6.07) is 9.53. The number of aryl methyl sites for hydroxylation is 1. The lowest BCUT2D eigenvalue weighted by Gasteiger charge is -2.20. The van der Waals surface area contributed by atoms with Crippen LogP contribution in [-0.4, -0.2) is 15.5 Å². The van der Waals surface area contributed by atoms with E-state index in [9.17, 15) is 13.6 Å². The van der Waals surface area contributed by atoms with E-state index in [1.54, 1.807) is 42.2 Å². The number of rotatable bonds is 5. The van der Waals surface area contributed by atoms with Crippen molar-refractivity contribution in [2.75, 3.05) is 0 Å². The highest BCUT2D eigenvalue weighted by Gasteiger charge is 2.24. The van der Waals surface area contributed by atoms with Gasteiger partial charge >= 0.3 is 0 Å². The smallest absolute Gasteiger partial charge is 0.225 e. The molecule has 1 amide bonds. The molecule has 1 heterocycles. The zero-order valence-corrected chi connectivity index (χ0v) is 14.7. The van der Waals surface area contributed by atoms with E-state index >= 15 is 0 Å². The van der Waals surface area contributed by atoms with Gasteiger partial charge in [-0.3, -0.25) is 4.79 Å². The first-order chi connectivity index (χ1) is 12.5. The van der Waals surface area contributed by atoms with Crippen LogP contribution < -0.4 is 5.32 Å². The molecule has 0 aliphatic carbocycles. The standard InChI is InChI=1S/C19H16ClF2N3O/c1-25-10-9-23-19(25)18(12-5-2-3-7-15(12)21)24-17(26)11-13-14(20)6-4-8-16(13)22/h2-10,18H,11H2,1H3,(H,24,26)/t18-/m1/s1. The average molecular weight is 376 g/mol. The summed E-state index contributed by atoms with van der Waals surface area (Å²) in [6.07, 6.45) is 2.99. The summed E-state index contributed by atoms with van der Waals surface area (Å²) in [4.78, 5) is 16.7. The zero-order chi connectivity index (χ0) is 18.7. The van der Waals surface area contributed by atoms with Crippen LogP contribution in [0.5, 0.6) is 0 Å². The van der Waals surface area contributed by atoms with Crippen molar-refractivity contribution < 1.29 is 13.6 Å². The Hall–Kier alpha value is -2.73. The number of hydrogen-bond acceptors (Lipinski definition) is 2.